The SMILES string of the molecule is CCC1c2cc3nc(N4CC[C@H](N)C4)c(C)c(n3n2)N(C)CCCCCN(S(C)(=O)=O)c2ccc(C)cc2C(=O)N1C. The first-order chi connectivity index (χ1) is 19.9. The van der Waals surface area contributed by atoms with Crippen molar-refractivity contribution in [2.45, 2.75) is 65.0 Å². The first kappa shape index (κ1) is 30.1. The minimum Gasteiger partial charge on any atom is -0.359 e. The summed E-state index contributed by atoms with van der Waals surface area (Å²) in [6.45, 7) is 8.74. The van der Waals surface area contributed by atoms with Crippen LogP contribution in [-0.2, 0) is 10.0 Å². The normalized spacial score (nSPS) is 21.1. The average molecular weight is 597 g/mol. The van der Waals surface area contributed by atoms with Gasteiger partial charge in [0.05, 0.1) is 29.2 Å². The lowest BCUT2D eigenvalue weighted by molar-refractivity contribution is 0.0723. The van der Waals surface area contributed by atoms with Crippen molar-refractivity contribution in [3.8, 4) is 0 Å². The van der Waals surface area contributed by atoms with Gasteiger partial charge in [-0.3, -0.25) is 9.10 Å². The molecule has 1 saturated heterocycles. The summed E-state index contributed by atoms with van der Waals surface area (Å²) in [7, 11) is 0.226. The zero-order valence-electron chi connectivity index (χ0n) is 25.7. The van der Waals surface area contributed by atoms with Crippen molar-refractivity contribution in [2.24, 2.45) is 5.73 Å². The Labute approximate surface area is 249 Å². The maximum atomic E-state index is 14.1. The van der Waals surface area contributed by atoms with Gasteiger partial charge >= 0.3 is 0 Å². The number of amides is 1. The second-order valence-corrected chi connectivity index (χ2v) is 13.8. The first-order valence-electron chi connectivity index (χ1n) is 14.9. The summed E-state index contributed by atoms with van der Waals surface area (Å²) < 4.78 is 29.3. The number of carbonyl (C=O) groups excluding carboxylic acids is 1. The van der Waals surface area contributed by atoms with E-state index in [9.17, 15) is 13.2 Å². The number of carbonyl (C=O) groups is 1. The van der Waals surface area contributed by atoms with Crippen molar-refractivity contribution < 1.29 is 13.2 Å². The zero-order chi connectivity index (χ0) is 30.3. The van der Waals surface area contributed by atoms with Crippen molar-refractivity contribution in [1.29, 1.82) is 0 Å². The third kappa shape index (κ3) is 5.66. The van der Waals surface area contributed by atoms with Crippen molar-refractivity contribution >= 4 is 38.9 Å². The molecule has 1 unspecified atom stereocenters. The monoisotopic (exact) mass is 596 g/mol. The molecule has 0 saturated carbocycles. The van der Waals surface area contributed by atoms with Gasteiger partial charge in [0.1, 0.15) is 11.6 Å². The zero-order valence-corrected chi connectivity index (χ0v) is 26.5. The van der Waals surface area contributed by atoms with E-state index in [-0.39, 0.29) is 18.0 Å². The second-order valence-electron chi connectivity index (χ2n) is 11.9. The van der Waals surface area contributed by atoms with Crippen LogP contribution in [0.15, 0.2) is 24.3 Å². The van der Waals surface area contributed by atoms with Crippen molar-refractivity contribution in [2.75, 3.05) is 60.6 Å². The number of aromatic nitrogens is 3. The van der Waals surface area contributed by atoms with Gasteiger partial charge in [-0.25, -0.2) is 13.4 Å². The highest BCUT2D eigenvalue weighted by molar-refractivity contribution is 7.92. The van der Waals surface area contributed by atoms with Crippen LogP contribution in [0.5, 0.6) is 0 Å². The molecule has 42 heavy (non-hydrogen) atoms. The van der Waals surface area contributed by atoms with E-state index >= 15 is 0 Å². The van der Waals surface area contributed by atoms with Crippen LogP contribution < -0.4 is 19.8 Å². The summed E-state index contributed by atoms with van der Waals surface area (Å²) in [5.74, 6) is 1.65. The van der Waals surface area contributed by atoms with E-state index in [1.165, 1.54) is 10.6 Å². The molecule has 1 amide bonds. The van der Waals surface area contributed by atoms with Crippen molar-refractivity contribution in [1.82, 2.24) is 19.5 Å². The maximum absolute atomic E-state index is 14.1. The summed E-state index contributed by atoms with van der Waals surface area (Å²) in [5.41, 5.74) is 10.5. The van der Waals surface area contributed by atoms with Crippen LogP contribution in [0, 0.1) is 13.8 Å². The summed E-state index contributed by atoms with van der Waals surface area (Å²) in [5, 5.41) is 5.05. The largest absolute Gasteiger partial charge is 0.359 e. The van der Waals surface area contributed by atoms with E-state index in [1.807, 2.05) is 30.5 Å². The minimum atomic E-state index is -3.61. The lowest BCUT2D eigenvalue weighted by Gasteiger charge is -2.30. The molecule has 2 N–H and O–H groups in total. The molecule has 1 aromatic carbocycles. The molecule has 0 aliphatic carbocycles. The Balaban J connectivity index is 1.66. The van der Waals surface area contributed by atoms with Gasteiger partial charge in [-0.1, -0.05) is 18.6 Å². The van der Waals surface area contributed by atoms with Gasteiger partial charge in [0, 0.05) is 57.9 Å². The summed E-state index contributed by atoms with van der Waals surface area (Å²) in [4.78, 5) is 25.4. The van der Waals surface area contributed by atoms with Gasteiger partial charge in [0.15, 0.2) is 5.65 Å². The first-order valence-corrected chi connectivity index (χ1v) is 16.7. The summed E-state index contributed by atoms with van der Waals surface area (Å²) in [6, 6.07) is 7.17. The fraction of sp³-hybridized carbons (Fsp3) is 0.567. The van der Waals surface area contributed by atoms with Crippen molar-refractivity contribution in [3.05, 3.63) is 46.6 Å². The van der Waals surface area contributed by atoms with E-state index in [4.69, 9.17) is 15.8 Å². The van der Waals surface area contributed by atoms with Gasteiger partial charge < -0.3 is 20.4 Å². The highest BCUT2D eigenvalue weighted by atomic mass is 32.2. The topological polar surface area (TPSA) is 120 Å². The van der Waals surface area contributed by atoms with Crippen LogP contribution in [0.2, 0.25) is 0 Å². The fourth-order valence-corrected chi connectivity index (χ4v) is 7.35. The van der Waals surface area contributed by atoms with E-state index in [0.29, 0.717) is 30.6 Å². The molecule has 1 fully saturated rings. The molecular formula is C30H44N8O3S. The lowest BCUT2D eigenvalue weighted by Crippen LogP contribution is -2.36. The molecule has 2 bridgehead atoms. The smallest absolute Gasteiger partial charge is 0.256 e. The Kier molecular flexibility index (Phi) is 8.39. The Hall–Kier alpha value is -3.38. The van der Waals surface area contributed by atoms with Crippen LogP contribution in [0.3, 0.4) is 0 Å². The predicted octanol–water partition coefficient (Wildman–Crippen LogP) is 3.49. The van der Waals surface area contributed by atoms with Crippen molar-refractivity contribution in [3.63, 3.8) is 0 Å². The number of fused-ring (bicyclic) bond motifs is 2. The molecule has 2 atom stereocenters. The molecule has 2 aromatic heterocycles. The highest BCUT2D eigenvalue weighted by Crippen LogP contribution is 2.34. The molecular weight excluding hydrogens is 552 g/mol. The van der Waals surface area contributed by atoms with Gasteiger partial charge in [-0.15, -0.1) is 0 Å². The number of rotatable bonds is 3. The average Bonchev–Trinajstić information content (AvgIpc) is 3.55. The van der Waals surface area contributed by atoms with Gasteiger partial charge in [0.2, 0.25) is 10.0 Å². The maximum Gasteiger partial charge on any atom is 0.256 e. The van der Waals surface area contributed by atoms with Crippen LogP contribution in [0.4, 0.5) is 17.3 Å². The number of hydrogen-bond acceptors (Lipinski definition) is 8. The minimum absolute atomic E-state index is 0.126. The standard InChI is InChI=1S/C30H44N8O3S/c1-7-25-24-18-27-32-28(36-16-13-22(31)19-36)21(3)29(38(27)33-24)34(4)14-9-8-10-15-37(42(6,40)41)26-12-11-20(2)17-23(26)30(39)35(25)5/h11-12,17-18,22,25H,7-10,13-16,19,31H2,1-6H3/t22-,25?/m0/s1. The summed E-state index contributed by atoms with van der Waals surface area (Å²) >= 11 is 0. The van der Waals surface area contributed by atoms with Gasteiger partial charge in [0.25, 0.3) is 5.91 Å². The van der Waals surface area contributed by atoms with E-state index in [2.05, 4.69) is 23.8 Å². The molecule has 4 heterocycles. The van der Waals surface area contributed by atoms with Crippen LogP contribution in [0.25, 0.3) is 5.65 Å². The number of anilines is 3. The number of sulfonamides is 1. The molecule has 0 spiro atoms. The predicted molar refractivity (Wildman–Crippen MR) is 168 cm³/mol. The van der Waals surface area contributed by atoms with Crippen LogP contribution >= 0.6 is 0 Å². The quantitative estimate of drug-likeness (QED) is 0.488. The number of hydrogen-bond donors (Lipinski definition) is 1. The second kappa shape index (κ2) is 11.7. The Morgan fingerprint density at radius 2 is 1.79 bits per heavy atom. The molecule has 2 aliphatic rings. The molecule has 5 rings (SSSR count). The summed E-state index contributed by atoms with van der Waals surface area (Å²) in [6.07, 6.45) is 5.13. The molecule has 12 heteroatoms. The van der Waals surface area contributed by atoms with Gasteiger partial charge in [-0.05, 0) is 58.1 Å². The van der Waals surface area contributed by atoms with E-state index < -0.39 is 10.0 Å². The third-order valence-corrected chi connectivity index (χ3v) is 9.79. The van der Waals surface area contributed by atoms with Crippen LogP contribution in [0.1, 0.15) is 72.2 Å². The number of aryl methyl sites for hydroxylation is 1. The molecule has 2 aliphatic heterocycles. The molecule has 3 aromatic rings. The van der Waals surface area contributed by atoms with Crippen LogP contribution in [-0.4, -0.2) is 86.4 Å². The molecule has 228 valence electrons. The van der Waals surface area contributed by atoms with E-state index in [1.54, 1.807) is 24.1 Å². The van der Waals surface area contributed by atoms with Gasteiger partial charge in [-0.2, -0.15) is 9.61 Å². The Bertz CT molecular complexity index is 1590. The highest BCUT2D eigenvalue weighted by Gasteiger charge is 2.31. The Morgan fingerprint density at radius 1 is 1.05 bits per heavy atom. The number of nitrogens with zero attached hydrogens (tertiary/aromatic N) is 7. The Morgan fingerprint density at radius 3 is 2.45 bits per heavy atom. The number of nitrogens with two attached hydrogens (primary N) is 1. The fourth-order valence-electron chi connectivity index (χ4n) is 6.38. The third-order valence-electron chi connectivity index (χ3n) is 8.61. The molecule has 11 nitrogen and oxygen atoms in total. The number of benzene rings is 1. The molecule has 0 radical (unpaired) electrons. The lowest BCUT2D eigenvalue weighted by atomic mass is 10.0. The van der Waals surface area contributed by atoms with E-state index in [0.717, 1.165) is 73.0 Å².